The molecule has 0 aromatic heterocycles. The number of carbonyl (C=O) groups is 1. The van der Waals surface area contributed by atoms with Crippen molar-refractivity contribution in [2.75, 3.05) is 20.1 Å². The van der Waals surface area contributed by atoms with Crippen LogP contribution in [-0.2, 0) is 11.2 Å². The zero-order valence-electron chi connectivity index (χ0n) is 12.1. The van der Waals surface area contributed by atoms with Gasteiger partial charge in [-0.05, 0) is 43.5 Å². The fourth-order valence-electron chi connectivity index (χ4n) is 2.49. The Labute approximate surface area is 130 Å². The number of likely N-dealkylation sites (N-methyl/N-ethyl adjacent to an activating group) is 1. The standard InChI is InChI=1S/C15H20F2N2O.ClH/c1-19(12-7-8-18-10-12)15(20)4-2-3-11-5-6-13(16)14(17)9-11;/h5-6,9,12,18H,2-4,7-8,10H2,1H3;1H. The Morgan fingerprint density at radius 2 is 2.14 bits per heavy atom. The molecule has 0 aliphatic carbocycles. The number of carbonyl (C=O) groups excluding carboxylic acids is 1. The predicted octanol–water partition coefficient (Wildman–Crippen LogP) is 2.53. The summed E-state index contributed by atoms with van der Waals surface area (Å²) in [5.74, 6) is -1.55. The normalized spacial score (nSPS) is 17.4. The molecule has 21 heavy (non-hydrogen) atoms. The van der Waals surface area contributed by atoms with Crippen LogP contribution in [0.25, 0.3) is 0 Å². The Morgan fingerprint density at radius 1 is 1.38 bits per heavy atom. The smallest absolute Gasteiger partial charge is 0.222 e. The van der Waals surface area contributed by atoms with Gasteiger partial charge < -0.3 is 10.2 Å². The van der Waals surface area contributed by atoms with Crippen molar-refractivity contribution in [3.8, 4) is 0 Å². The summed E-state index contributed by atoms with van der Waals surface area (Å²) in [6.07, 6.45) is 2.66. The first-order valence-electron chi connectivity index (χ1n) is 6.98. The lowest BCUT2D eigenvalue weighted by molar-refractivity contribution is -0.131. The maximum atomic E-state index is 13.0. The van der Waals surface area contributed by atoms with Crippen molar-refractivity contribution in [2.45, 2.75) is 31.7 Å². The zero-order valence-corrected chi connectivity index (χ0v) is 12.9. The Kier molecular flexibility index (Phi) is 7.05. The number of hydrogen-bond donors (Lipinski definition) is 1. The van der Waals surface area contributed by atoms with Crippen LogP contribution in [0, 0.1) is 11.6 Å². The number of nitrogens with zero attached hydrogens (tertiary/aromatic N) is 1. The molecule has 0 spiro atoms. The van der Waals surface area contributed by atoms with Crippen LogP contribution in [0.1, 0.15) is 24.8 Å². The van der Waals surface area contributed by atoms with Crippen molar-refractivity contribution in [2.24, 2.45) is 0 Å². The third-order valence-electron chi connectivity index (χ3n) is 3.82. The average Bonchev–Trinajstić information content (AvgIpc) is 2.96. The molecule has 2 rings (SSSR count). The van der Waals surface area contributed by atoms with E-state index >= 15 is 0 Å². The summed E-state index contributed by atoms with van der Waals surface area (Å²) in [4.78, 5) is 13.8. The second-order valence-electron chi connectivity index (χ2n) is 5.25. The summed E-state index contributed by atoms with van der Waals surface area (Å²) < 4.78 is 25.8. The molecule has 0 saturated carbocycles. The topological polar surface area (TPSA) is 32.3 Å². The van der Waals surface area contributed by atoms with E-state index in [4.69, 9.17) is 0 Å². The van der Waals surface area contributed by atoms with Gasteiger partial charge in [-0.25, -0.2) is 8.78 Å². The first-order valence-corrected chi connectivity index (χ1v) is 6.98. The van der Waals surface area contributed by atoms with Crippen molar-refractivity contribution in [1.29, 1.82) is 0 Å². The van der Waals surface area contributed by atoms with Crippen molar-refractivity contribution in [3.05, 3.63) is 35.4 Å². The lowest BCUT2D eigenvalue weighted by Gasteiger charge is -2.23. The summed E-state index contributed by atoms with van der Waals surface area (Å²) in [6.45, 7) is 1.81. The molecule has 6 heteroatoms. The fraction of sp³-hybridized carbons (Fsp3) is 0.533. The highest BCUT2D eigenvalue weighted by Gasteiger charge is 2.22. The molecule has 1 atom stereocenters. The van der Waals surface area contributed by atoms with Gasteiger partial charge in [0.05, 0.1) is 0 Å². The second kappa shape index (κ2) is 8.29. The van der Waals surface area contributed by atoms with Gasteiger partial charge in [0, 0.05) is 26.1 Å². The van der Waals surface area contributed by atoms with E-state index in [-0.39, 0.29) is 24.4 Å². The van der Waals surface area contributed by atoms with Crippen molar-refractivity contribution < 1.29 is 13.6 Å². The predicted molar refractivity (Wildman–Crippen MR) is 80.6 cm³/mol. The van der Waals surface area contributed by atoms with E-state index in [0.717, 1.165) is 31.1 Å². The van der Waals surface area contributed by atoms with Crippen LogP contribution in [0.15, 0.2) is 18.2 Å². The molecule has 0 bridgehead atoms. The van der Waals surface area contributed by atoms with E-state index in [0.29, 0.717) is 19.3 Å². The molecule has 118 valence electrons. The average molecular weight is 319 g/mol. The number of nitrogens with one attached hydrogen (secondary N) is 1. The van der Waals surface area contributed by atoms with E-state index in [2.05, 4.69) is 5.32 Å². The Hall–Kier alpha value is -1.20. The number of aryl methyl sites for hydroxylation is 1. The molecular weight excluding hydrogens is 298 g/mol. The number of rotatable bonds is 5. The van der Waals surface area contributed by atoms with E-state index in [1.165, 1.54) is 6.07 Å². The lowest BCUT2D eigenvalue weighted by Crippen LogP contribution is -2.38. The third kappa shape index (κ3) is 4.93. The molecule has 1 saturated heterocycles. The Bertz CT molecular complexity index is 479. The molecule has 1 heterocycles. The zero-order chi connectivity index (χ0) is 14.5. The van der Waals surface area contributed by atoms with Gasteiger partial charge in [0.25, 0.3) is 0 Å². The minimum atomic E-state index is -0.835. The molecule has 1 aliphatic rings. The van der Waals surface area contributed by atoms with E-state index in [1.54, 1.807) is 11.0 Å². The van der Waals surface area contributed by atoms with Gasteiger partial charge >= 0.3 is 0 Å². The fourth-order valence-corrected chi connectivity index (χ4v) is 2.49. The molecule has 1 aromatic rings. The van der Waals surface area contributed by atoms with E-state index in [1.807, 2.05) is 7.05 Å². The Balaban J connectivity index is 0.00000220. The minimum Gasteiger partial charge on any atom is -0.341 e. The maximum Gasteiger partial charge on any atom is 0.222 e. The monoisotopic (exact) mass is 318 g/mol. The SMILES string of the molecule is CN(C(=O)CCCc1ccc(F)c(F)c1)C1CCNC1.Cl. The van der Waals surface area contributed by atoms with Gasteiger partial charge in [-0.3, -0.25) is 4.79 Å². The number of halogens is 3. The Morgan fingerprint density at radius 3 is 2.76 bits per heavy atom. The highest BCUT2D eigenvalue weighted by Crippen LogP contribution is 2.13. The van der Waals surface area contributed by atoms with E-state index in [9.17, 15) is 13.6 Å². The summed E-state index contributed by atoms with van der Waals surface area (Å²) in [5.41, 5.74) is 0.724. The largest absolute Gasteiger partial charge is 0.341 e. The number of hydrogen-bond acceptors (Lipinski definition) is 2. The van der Waals surface area contributed by atoms with Gasteiger partial charge in [0.2, 0.25) is 5.91 Å². The molecule has 1 unspecified atom stereocenters. The summed E-state index contributed by atoms with van der Waals surface area (Å²) >= 11 is 0. The van der Waals surface area contributed by atoms with Crippen LogP contribution in [0.2, 0.25) is 0 Å². The van der Waals surface area contributed by atoms with Crippen molar-refractivity contribution in [1.82, 2.24) is 10.2 Å². The van der Waals surface area contributed by atoms with Gasteiger partial charge in [-0.1, -0.05) is 6.07 Å². The van der Waals surface area contributed by atoms with Crippen LogP contribution in [0.3, 0.4) is 0 Å². The van der Waals surface area contributed by atoms with E-state index < -0.39 is 11.6 Å². The maximum absolute atomic E-state index is 13.0. The number of benzene rings is 1. The van der Waals surface area contributed by atoms with Gasteiger partial charge in [-0.2, -0.15) is 0 Å². The van der Waals surface area contributed by atoms with Crippen molar-refractivity contribution >= 4 is 18.3 Å². The highest BCUT2D eigenvalue weighted by atomic mass is 35.5. The van der Waals surface area contributed by atoms with Crippen LogP contribution in [0.5, 0.6) is 0 Å². The lowest BCUT2D eigenvalue weighted by atomic mass is 10.1. The molecule has 1 fully saturated rings. The molecule has 1 amide bonds. The number of amides is 1. The quantitative estimate of drug-likeness (QED) is 0.905. The van der Waals surface area contributed by atoms with Gasteiger partial charge in [0.1, 0.15) is 0 Å². The summed E-state index contributed by atoms with van der Waals surface area (Å²) in [7, 11) is 1.83. The molecule has 1 aromatic carbocycles. The second-order valence-corrected chi connectivity index (χ2v) is 5.25. The highest BCUT2D eigenvalue weighted by molar-refractivity contribution is 5.85. The van der Waals surface area contributed by atoms with Crippen LogP contribution >= 0.6 is 12.4 Å². The van der Waals surface area contributed by atoms with Crippen LogP contribution in [-0.4, -0.2) is 37.0 Å². The first kappa shape index (κ1) is 17.9. The molecule has 1 N–H and O–H groups in total. The molecule has 0 radical (unpaired) electrons. The first-order chi connectivity index (χ1) is 9.58. The summed E-state index contributed by atoms with van der Waals surface area (Å²) in [5, 5.41) is 3.23. The molecular formula is C15H21ClF2N2O. The van der Waals surface area contributed by atoms with Crippen LogP contribution < -0.4 is 5.32 Å². The molecule has 3 nitrogen and oxygen atoms in total. The van der Waals surface area contributed by atoms with Gasteiger partial charge in [0.15, 0.2) is 11.6 Å². The van der Waals surface area contributed by atoms with Crippen molar-refractivity contribution in [3.63, 3.8) is 0 Å². The third-order valence-corrected chi connectivity index (χ3v) is 3.82. The minimum absolute atomic E-state index is 0. The summed E-state index contributed by atoms with van der Waals surface area (Å²) in [6, 6.07) is 4.17. The van der Waals surface area contributed by atoms with Crippen LogP contribution in [0.4, 0.5) is 8.78 Å². The molecule has 1 aliphatic heterocycles. The van der Waals surface area contributed by atoms with Gasteiger partial charge in [-0.15, -0.1) is 12.4 Å².